The second-order valence-corrected chi connectivity index (χ2v) is 7.30. The molecule has 1 amide bonds. The quantitative estimate of drug-likeness (QED) is 0.881. The highest BCUT2D eigenvalue weighted by atomic mass is 19.1. The third kappa shape index (κ3) is 4.67. The van der Waals surface area contributed by atoms with Crippen LogP contribution in [0.5, 0.6) is 0 Å². The zero-order valence-electron chi connectivity index (χ0n) is 14.1. The van der Waals surface area contributed by atoms with Gasteiger partial charge in [-0.3, -0.25) is 0 Å². The summed E-state index contributed by atoms with van der Waals surface area (Å²) in [6.07, 6.45) is 2.85. The molecule has 0 aromatic heterocycles. The molecule has 1 aliphatic carbocycles. The molecule has 0 saturated heterocycles. The Morgan fingerprint density at radius 3 is 2.30 bits per heavy atom. The molecular weight excluding hydrogens is 297 g/mol. The van der Waals surface area contributed by atoms with Crippen LogP contribution < -0.4 is 5.32 Å². The molecule has 1 unspecified atom stereocenters. The molecule has 1 atom stereocenters. The van der Waals surface area contributed by atoms with Gasteiger partial charge in [-0.05, 0) is 51.3 Å². The van der Waals surface area contributed by atoms with Gasteiger partial charge in [0.2, 0.25) is 0 Å². The van der Waals surface area contributed by atoms with Gasteiger partial charge in [-0.25, -0.2) is 9.18 Å². The number of aliphatic hydroxyl groups is 1. The van der Waals surface area contributed by atoms with Crippen LogP contribution >= 0.6 is 0 Å². The van der Waals surface area contributed by atoms with Gasteiger partial charge in [-0.15, -0.1) is 0 Å². The van der Waals surface area contributed by atoms with E-state index in [4.69, 9.17) is 4.74 Å². The van der Waals surface area contributed by atoms with Crippen LogP contribution in [0.3, 0.4) is 0 Å². The van der Waals surface area contributed by atoms with E-state index < -0.39 is 23.3 Å². The monoisotopic (exact) mass is 323 g/mol. The van der Waals surface area contributed by atoms with Gasteiger partial charge in [-0.1, -0.05) is 31.4 Å². The lowest BCUT2D eigenvalue weighted by atomic mass is 9.75. The number of aliphatic hydroxyl groups excluding tert-OH is 1. The number of ether oxygens (including phenoxy) is 1. The molecule has 5 heteroatoms. The second-order valence-electron chi connectivity index (χ2n) is 7.30. The summed E-state index contributed by atoms with van der Waals surface area (Å²) in [6, 6.07) is 5.77. The van der Waals surface area contributed by atoms with Crippen molar-refractivity contribution in [3.05, 3.63) is 35.6 Å². The number of amides is 1. The molecule has 128 valence electrons. The maximum absolute atomic E-state index is 13.1. The molecule has 4 nitrogen and oxygen atoms in total. The summed E-state index contributed by atoms with van der Waals surface area (Å²) in [7, 11) is 0. The number of hydrogen-bond acceptors (Lipinski definition) is 3. The molecule has 1 aromatic rings. The first-order chi connectivity index (χ1) is 10.7. The maximum atomic E-state index is 13.1. The molecule has 1 saturated carbocycles. The molecule has 0 heterocycles. The van der Waals surface area contributed by atoms with Gasteiger partial charge in [0.25, 0.3) is 0 Å². The summed E-state index contributed by atoms with van der Waals surface area (Å²) in [5.74, 6) is -0.348. The van der Waals surface area contributed by atoms with Gasteiger partial charge in [0.15, 0.2) is 0 Å². The molecule has 1 fully saturated rings. The van der Waals surface area contributed by atoms with Crippen LogP contribution in [-0.2, 0) is 4.74 Å². The SMILES string of the molecule is CC(C)(C)OC(=O)NC1(C(O)c2ccc(F)cc2)CCCCC1. The average Bonchev–Trinajstić information content (AvgIpc) is 2.46. The molecule has 0 spiro atoms. The van der Waals surface area contributed by atoms with Gasteiger partial charge >= 0.3 is 6.09 Å². The average molecular weight is 323 g/mol. The highest BCUT2D eigenvalue weighted by Crippen LogP contribution is 2.38. The first-order valence-corrected chi connectivity index (χ1v) is 8.17. The van der Waals surface area contributed by atoms with Gasteiger partial charge in [0, 0.05) is 0 Å². The van der Waals surface area contributed by atoms with E-state index in [1.807, 2.05) is 0 Å². The van der Waals surface area contributed by atoms with Crippen molar-refractivity contribution in [3.8, 4) is 0 Å². The normalized spacial score (nSPS) is 19.0. The van der Waals surface area contributed by atoms with E-state index in [-0.39, 0.29) is 5.82 Å². The van der Waals surface area contributed by atoms with E-state index in [0.717, 1.165) is 19.3 Å². The predicted molar refractivity (Wildman–Crippen MR) is 86.5 cm³/mol. The van der Waals surface area contributed by atoms with E-state index in [0.29, 0.717) is 18.4 Å². The Morgan fingerprint density at radius 1 is 1.22 bits per heavy atom. The van der Waals surface area contributed by atoms with Crippen LogP contribution in [0.15, 0.2) is 24.3 Å². The van der Waals surface area contributed by atoms with Crippen LogP contribution in [0.1, 0.15) is 64.5 Å². The van der Waals surface area contributed by atoms with E-state index in [9.17, 15) is 14.3 Å². The number of carbonyl (C=O) groups is 1. The van der Waals surface area contributed by atoms with E-state index in [1.54, 1.807) is 32.9 Å². The Balaban J connectivity index is 2.21. The van der Waals surface area contributed by atoms with E-state index >= 15 is 0 Å². The van der Waals surface area contributed by atoms with E-state index in [2.05, 4.69) is 5.32 Å². The maximum Gasteiger partial charge on any atom is 0.408 e. The largest absolute Gasteiger partial charge is 0.444 e. The van der Waals surface area contributed by atoms with Crippen LogP contribution in [-0.4, -0.2) is 22.3 Å². The van der Waals surface area contributed by atoms with E-state index in [1.165, 1.54) is 12.1 Å². The minimum absolute atomic E-state index is 0.348. The molecule has 23 heavy (non-hydrogen) atoms. The lowest BCUT2D eigenvalue weighted by Gasteiger charge is -2.42. The molecular formula is C18H26FNO3. The summed E-state index contributed by atoms with van der Waals surface area (Å²) in [6.45, 7) is 5.41. The van der Waals surface area contributed by atoms with Crippen molar-refractivity contribution in [3.63, 3.8) is 0 Å². The summed E-state index contributed by atoms with van der Waals surface area (Å²) in [5, 5.41) is 13.7. The Bertz CT molecular complexity index is 530. The lowest BCUT2D eigenvalue weighted by Crippen LogP contribution is -2.55. The van der Waals surface area contributed by atoms with Crippen molar-refractivity contribution in [2.75, 3.05) is 0 Å². The van der Waals surface area contributed by atoms with Gasteiger partial charge in [0.1, 0.15) is 17.5 Å². The number of benzene rings is 1. The van der Waals surface area contributed by atoms with Crippen molar-refractivity contribution < 1.29 is 19.0 Å². The fraction of sp³-hybridized carbons (Fsp3) is 0.611. The fourth-order valence-electron chi connectivity index (χ4n) is 3.12. The van der Waals surface area contributed by atoms with Gasteiger partial charge in [0.05, 0.1) is 5.54 Å². The smallest absolute Gasteiger partial charge is 0.408 e. The van der Waals surface area contributed by atoms with Crippen molar-refractivity contribution in [1.82, 2.24) is 5.32 Å². The number of alkyl carbamates (subject to hydrolysis) is 1. The van der Waals surface area contributed by atoms with Gasteiger partial charge < -0.3 is 15.2 Å². The Kier molecular flexibility index (Phi) is 5.30. The Hall–Kier alpha value is -1.62. The highest BCUT2D eigenvalue weighted by molar-refractivity contribution is 5.69. The number of halogens is 1. The number of nitrogens with one attached hydrogen (secondary N) is 1. The molecule has 2 N–H and O–H groups in total. The lowest BCUT2D eigenvalue weighted by molar-refractivity contribution is 0.00690. The molecule has 1 aromatic carbocycles. The topological polar surface area (TPSA) is 58.6 Å². The molecule has 0 radical (unpaired) electrons. The van der Waals surface area contributed by atoms with Crippen molar-refractivity contribution in [2.45, 2.75) is 70.1 Å². The summed E-state index contributed by atoms with van der Waals surface area (Å²) >= 11 is 0. The van der Waals surface area contributed by atoms with Gasteiger partial charge in [-0.2, -0.15) is 0 Å². The number of rotatable bonds is 3. The summed E-state index contributed by atoms with van der Waals surface area (Å²) in [5.41, 5.74) is -0.761. The number of carbonyl (C=O) groups excluding carboxylic acids is 1. The Morgan fingerprint density at radius 2 is 1.78 bits per heavy atom. The third-order valence-electron chi connectivity index (χ3n) is 4.20. The van der Waals surface area contributed by atoms with Crippen LogP contribution in [0.25, 0.3) is 0 Å². The highest BCUT2D eigenvalue weighted by Gasteiger charge is 2.42. The summed E-state index contributed by atoms with van der Waals surface area (Å²) < 4.78 is 18.5. The molecule has 0 aliphatic heterocycles. The van der Waals surface area contributed by atoms with Crippen LogP contribution in [0, 0.1) is 5.82 Å². The molecule has 2 rings (SSSR count). The zero-order valence-corrected chi connectivity index (χ0v) is 14.1. The first kappa shape index (κ1) is 17.7. The van der Waals surface area contributed by atoms with Crippen molar-refractivity contribution in [1.29, 1.82) is 0 Å². The standard InChI is InChI=1S/C18H26FNO3/c1-17(2,3)23-16(22)20-18(11-5-4-6-12-18)15(21)13-7-9-14(19)10-8-13/h7-10,15,21H,4-6,11-12H2,1-3H3,(H,20,22). The third-order valence-corrected chi connectivity index (χ3v) is 4.20. The molecule has 0 bridgehead atoms. The number of hydrogen-bond donors (Lipinski definition) is 2. The zero-order chi connectivity index (χ0) is 17.1. The minimum atomic E-state index is -0.893. The fourth-order valence-corrected chi connectivity index (χ4v) is 3.12. The minimum Gasteiger partial charge on any atom is -0.444 e. The predicted octanol–water partition coefficient (Wildman–Crippen LogP) is 4.09. The van der Waals surface area contributed by atoms with Crippen molar-refractivity contribution in [2.24, 2.45) is 0 Å². The Labute approximate surface area is 137 Å². The first-order valence-electron chi connectivity index (χ1n) is 8.17. The van der Waals surface area contributed by atoms with Crippen molar-refractivity contribution >= 4 is 6.09 Å². The van der Waals surface area contributed by atoms with Crippen LogP contribution in [0.2, 0.25) is 0 Å². The summed E-state index contributed by atoms with van der Waals surface area (Å²) in [4.78, 5) is 12.2. The second kappa shape index (κ2) is 6.87. The van der Waals surface area contributed by atoms with Crippen LogP contribution in [0.4, 0.5) is 9.18 Å². The molecule has 1 aliphatic rings.